The molecule has 0 aromatic heterocycles. The van der Waals surface area contributed by atoms with Crippen LogP contribution in [0, 0.1) is 0 Å². The van der Waals surface area contributed by atoms with Gasteiger partial charge in [0.2, 0.25) is 0 Å². The first-order valence-corrected chi connectivity index (χ1v) is 5.45. The van der Waals surface area contributed by atoms with Gasteiger partial charge in [0.05, 0.1) is 12.8 Å². The smallest absolute Gasteiger partial charge is 0.325 e. The van der Waals surface area contributed by atoms with E-state index in [1.807, 2.05) is 29.2 Å². The van der Waals surface area contributed by atoms with E-state index in [9.17, 15) is 4.79 Å². The van der Waals surface area contributed by atoms with Crippen molar-refractivity contribution in [1.29, 1.82) is 0 Å². The molecule has 1 heterocycles. The summed E-state index contributed by atoms with van der Waals surface area (Å²) in [6, 6.07) is 7.84. The van der Waals surface area contributed by atoms with Gasteiger partial charge in [0, 0.05) is 4.90 Å². The Morgan fingerprint density at radius 3 is 3.07 bits per heavy atom. The van der Waals surface area contributed by atoms with Crippen LogP contribution in [0.2, 0.25) is 0 Å². The molecule has 1 unspecified atom stereocenters. The van der Waals surface area contributed by atoms with E-state index >= 15 is 0 Å². The number of para-hydroxylation sites is 1. The van der Waals surface area contributed by atoms with Crippen LogP contribution < -0.4 is 10.6 Å². The molecular weight excluding hydrogens is 212 g/mol. The van der Waals surface area contributed by atoms with Crippen molar-refractivity contribution in [3.05, 3.63) is 24.3 Å². The topological polar surface area (TPSA) is 55.6 Å². The summed E-state index contributed by atoms with van der Waals surface area (Å²) in [5.41, 5.74) is 6.71. The zero-order valence-corrected chi connectivity index (χ0v) is 9.16. The molecule has 0 aliphatic carbocycles. The largest absolute Gasteiger partial charge is 0.468 e. The van der Waals surface area contributed by atoms with Crippen molar-refractivity contribution in [2.45, 2.75) is 10.4 Å². The van der Waals surface area contributed by atoms with Crippen LogP contribution in [-0.4, -0.2) is 25.1 Å². The highest BCUT2D eigenvalue weighted by Gasteiger charge is 2.28. The summed E-state index contributed by atoms with van der Waals surface area (Å²) in [5, 5.41) is 0. The average Bonchev–Trinajstić information content (AvgIpc) is 2.55. The number of carbonyl (C=O) groups excluding carboxylic acids is 1. The van der Waals surface area contributed by atoms with Crippen LogP contribution in [0.5, 0.6) is 0 Å². The van der Waals surface area contributed by atoms with Gasteiger partial charge in [-0.1, -0.05) is 23.9 Å². The number of esters is 1. The van der Waals surface area contributed by atoms with E-state index in [0.29, 0.717) is 0 Å². The van der Waals surface area contributed by atoms with Gasteiger partial charge in [-0.3, -0.25) is 4.79 Å². The molecular formula is C10H12N2O2S. The van der Waals surface area contributed by atoms with Gasteiger partial charge in [-0.2, -0.15) is 0 Å². The molecule has 0 saturated heterocycles. The Kier molecular flexibility index (Phi) is 2.83. The molecule has 0 bridgehead atoms. The second-order valence-electron chi connectivity index (χ2n) is 3.18. The standard InChI is InChI=1S/C10H12N2O2S/c1-14-9(13)6-12-7-4-2-3-5-8(7)15-10(12)11/h2-5,10H,6,11H2,1H3. The molecule has 15 heavy (non-hydrogen) atoms. The lowest BCUT2D eigenvalue weighted by atomic mass is 10.3. The quantitative estimate of drug-likeness (QED) is 0.760. The monoisotopic (exact) mass is 224 g/mol. The molecule has 1 atom stereocenters. The number of hydrogen-bond acceptors (Lipinski definition) is 5. The molecule has 1 aromatic carbocycles. The molecule has 1 aliphatic heterocycles. The minimum Gasteiger partial charge on any atom is -0.468 e. The van der Waals surface area contributed by atoms with E-state index in [4.69, 9.17) is 5.73 Å². The molecule has 4 nitrogen and oxygen atoms in total. The van der Waals surface area contributed by atoms with Crippen molar-refractivity contribution < 1.29 is 9.53 Å². The lowest BCUT2D eigenvalue weighted by Crippen LogP contribution is -2.40. The van der Waals surface area contributed by atoms with E-state index < -0.39 is 0 Å². The molecule has 1 aliphatic rings. The molecule has 0 radical (unpaired) electrons. The van der Waals surface area contributed by atoms with Crippen LogP contribution in [0.4, 0.5) is 5.69 Å². The van der Waals surface area contributed by atoms with Crippen LogP contribution in [0.1, 0.15) is 0 Å². The first-order valence-electron chi connectivity index (χ1n) is 4.57. The highest BCUT2D eigenvalue weighted by molar-refractivity contribution is 8.00. The van der Waals surface area contributed by atoms with E-state index in [2.05, 4.69) is 4.74 Å². The summed E-state index contributed by atoms with van der Waals surface area (Å²) in [6.07, 6.45) is 0. The van der Waals surface area contributed by atoms with Crippen LogP contribution in [0.15, 0.2) is 29.2 Å². The predicted molar refractivity (Wildman–Crippen MR) is 59.6 cm³/mol. The van der Waals surface area contributed by atoms with Crippen LogP contribution in [-0.2, 0) is 9.53 Å². The molecule has 80 valence electrons. The second kappa shape index (κ2) is 4.12. The number of anilines is 1. The third-order valence-electron chi connectivity index (χ3n) is 2.26. The molecule has 1 aromatic rings. The fraction of sp³-hybridized carbons (Fsp3) is 0.300. The molecule has 0 fully saturated rings. The summed E-state index contributed by atoms with van der Waals surface area (Å²) in [7, 11) is 1.38. The summed E-state index contributed by atoms with van der Waals surface area (Å²) >= 11 is 1.55. The molecule has 2 N–H and O–H groups in total. The van der Waals surface area contributed by atoms with Gasteiger partial charge in [-0.25, -0.2) is 0 Å². The number of thioether (sulfide) groups is 1. The lowest BCUT2D eigenvalue weighted by molar-refractivity contribution is -0.139. The second-order valence-corrected chi connectivity index (χ2v) is 4.34. The highest BCUT2D eigenvalue weighted by atomic mass is 32.2. The summed E-state index contributed by atoms with van der Waals surface area (Å²) < 4.78 is 4.63. The Balaban J connectivity index is 2.22. The van der Waals surface area contributed by atoms with Gasteiger partial charge in [-0.15, -0.1) is 0 Å². The first-order chi connectivity index (χ1) is 7.22. The van der Waals surface area contributed by atoms with Crippen molar-refractivity contribution in [3.8, 4) is 0 Å². The van der Waals surface area contributed by atoms with Gasteiger partial charge in [0.15, 0.2) is 0 Å². The third-order valence-corrected chi connectivity index (χ3v) is 3.35. The molecule has 2 rings (SSSR count). The van der Waals surface area contributed by atoms with Crippen molar-refractivity contribution in [3.63, 3.8) is 0 Å². The fourth-order valence-corrected chi connectivity index (χ4v) is 2.54. The summed E-state index contributed by atoms with van der Waals surface area (Å²) in [5.74, 6) is -0.275. The normalized spacial score (nSPS) is 18.8. The Morgan fingerprint density at radius 2 is 2.33 bits per heavy atom. The minimum atomic E-state index is -0.275. The SMILES string of the molecule is COC(=O)CN1c2ccccc2SC1N. The maximum Gasteiger partial charge on any atom is 0.325 e. The van der Waals surface area contributed by atoms with Gasteiger partial charge in [0.1, 0.15) is 12.0 Å². The van der Waals surface area contributed by atoms with Crippen LogP contribution in [0.3, 0.4) is 0 Å². The summed E-state index contributed by atoms with van der Waals surface area (Å²) in [4.78, 5) is 14.1. The van der Waals surface area contributed by atoms with Gasteiger partial charge < -0.3 is 15.4 Å². The van der Waals surface area contributed by atoms with E-state index in [1.165, 1.54) is 7.11 Å². The molecule has 0 spiro atoms. The molecule has 0 saturated carbocycles. The maximum absolute atomic E-state index is 11.2. The molecule has 0 amide bonds. The average molecular weight is 224 g/mol. The van der Waals surface area contributed by atoms with Gasteiger partial charge in [0.25, 0.3) is 0 Å². The van der Waals surface area contributed by atoms with Crippen molar-refractivity contribution in [2.75, 3.05) is 18.6 Å². The maximum atomic E-state index is 11.2. The van der Waals surface area contributed by atoms with E-state index in [1.54, 1.807) is 11.8 Å². The fourth-order valence-electron chi connectivity index (χ4n) is 1.50. The Labute approximate surface area is 92.4 Å². The van der Waals surface area contributed by atoms with Crippen LogP contribution in [0.25, 0.3) is 0 Å². The minimum absolute atomic E-state index is 0.196. The van der Waals surface area contributed by atoms with Crippen molar-refractivity contribution >= 4 is 23.4 Å². The summed E-state index contributed by atoms with van der Waals surface area (Å²) in [6.45, 7) is 0.196. The Bertz CT molecular complexity index is 383. The van der Waals surface area contributed by atoms with Crippen molar-refractivity contribution in [1.82, 2.24) is 0 Å². The number of hydrogen-bond donors (Lipinski definition) is 1. The number of ether oxygens (including phenoxy) is 1. The Hall–Kier alpha value is -1.20. The number of carbonyl (C=O) groups is 1. The number of rotatable bonds is 2. The number of benzene rings is 1. The number of methoxy groups -OCH3 is 1. The third kappa shape index (κ3) is 1.93. The molecule has 5 heteroatoms. The zero-order chi connectivity index (χ0) is 10.8. The number of fused-ring (bicyclic) bond motifs is 1. The van der Waals surface area contributed by atoms with Gasteiger partial charge in [-0.05, 0) is 12.1 Å². The van der Waals surface area contributed by atoms with Crippen molar-refractivity contribution in [2.24, 2.45) is 5.73 Å². The number of nitrogens with zero attached hydrogens (tertiary/aromatic N) is 1. The number of nitrogens with two attached hydrogens (primary N) is 1. The zero-order valence-electron chi connectivity index (χ0n) is 8.34. The lowest BCUT2D eigenvalue weighted by Gasteiger charge is -2.21. The predicted octanol–water partition coefficient (Wildman–Crippen LogP) is 1.01. The first kappa shape index (κ1) is 10.3. The van der Waals surface area contributed by atoms with E-state index in [0.717, 1.165) is 10.6 Å². The van der Waals surface area contributed by atoms with Gasteiger partial charge >= 0.3 is 5.97 Å². The van der Waals surface area contributed by atoms with E-state index in [-0.39, 0.29) is 18.0 Å². The highest BCUT2D eigenvalue weighted by Crippen LogP contribution is 2.40. The van der Waals surface area contributed by atoms with Crippen LogP contribution >= 0.6 is 11.8 Å². The Morgan fingerprint density at radius 1 is 1.60 bits per heavy atom.